The average molecular weight is 565 g/mol. The van der Waals surface area contributed by atoms with Gasteiger partial charge < -0.3 is 25.2 Å². The molecule has 0 amide bonds. The van der Waals surface area contributed by atoms with Crippen LogP contribution in [0.2, 0.25) is 0 Å². The Balaban J connectivity index is 1.39. The predicted molar refractivity (Wildman–Crippen MR) is 153 cm³/mol. The predicted octanol–water partition coefficient (Wildman–Crippen LogP) is 3.98. The van der Waals surface area contributed by atoms with Crippen molar-refractivity contribution < 1.29 is 29.5 Å². The molecule has 11 nitrogen and oxygen atoms in total. The summed E-state index contributed by atoms with van der Waals surface area (Å²) in [6.45, 7) is 9.24. The molecule has 0 saturated carbocycles. The molecule has 2 heterocycles. The highest BCUT2D eigenvalue weighted by Gasteiger charge is 2.38. The maximum atomic E-state index is 12.2. The van der Waals surface area contributed by atoms with Crippen molar-refractivity contribution in [1.82, 2.24) is 15.1 Å². The van der Waals surface area contributed by atoms with Crippen molar-refractivity contribution in [2.75, 3.05) is 39.3 Å². The van der Waals surface area contributed by atoms with Crippen molar-refractivity contribution >= 4 is 17.6 Å². The van der Waals surface area contributed by atoms with Crippen LogP contribution in [0.15, 0.2) is 71.1 Å². The summed E-state index contributed by atoms with van der Waals surface area (Å²) in [5.41, 5.74) is 1.34. The van der Waals surface area contributed by atoms with Crippen LogP contribution in [-0.4, -0.2) is 76.2 Å². The summed E-state index contributed by atoms with van der Waals surface area (Å²) in [6, 6.07) is 14.4. The van der Waals surface area contributed by atoms with Gasteiger partial charge in [-0.15, -0.1) is 0 Å². The molecule has 2 aliphatic heterocycles. The lowest BCUT2D eigenvalue weighted by molar-refractivity contribution is -0.384. The molecule has 0 aromatic heterocycles. The van der Waals surface area contributed by atoms with Gasteiger partial charge in [-0.05, 0) is 44.9 Å². The molecule has 2 aromatic rings. The lowest BCUT2D eigenvalue weighted by Gasteiger charge is -2.34. The van der Waals surface area contributed by atoms with Gasteiger partial charge in [-0.1, -0.05) is 30.3 Å². The monoisotopic (exact) mass is 564 g/mol. The largest absolute Gasteiger partial charge is 0.493 e. The van der Waals surface area contributed by atoms with Crippen LogP contribution in [0.5, 0.6) is 5.75 Å². The lowest BCUT2D eigenvalue weighted by Crippen LogP contribution is -2.46. The van der Waals surface area contributed by atoms with Gasteiger partial charge in [0.25, 0.3) is 5.69 Å². The van der Waals surface area contributed by atoms with E-state index in [1.54, 1.807) is 0 Å². The summed E-state index contributed by atoms with van der Waals surface area (Å²) >= 11 is 0. The van der Waals surface area contributed by atoms with E-state index in [0.29, 0.717) is 13.0 Å². The molecule has 0 radical (unpaired) electrons. The SMILES string of the molecule is CC1=C(C(=O)O)C(c2cc([N+](=O)[O-])ccc2OCCCCN2CCN(Cc3ccccc3)CC2)C(C(=O)O)=C(C)N1. The molecule has 0 unspecified atom stereocenters. The summed E-state index contributed by atoms with van der Waals surface area (Å²) in [5.74, 6) is -3.64. The number of benzene rings is 2. The maximum Gasteiger partial charge on any atom is 0.334 e. The number of non-ortho nitro benzene ring substituents is 1. The summed E-state index contributed by atoms with van der Waals surface area (Å²) in [5, 5.41) is 34.3. The number of hydrogen-bond donors (Lipinski definition) is 3. The van der Waals surface area contributed by atoms with Crippen molar-refractivity contribution in [1.29, 1.82) is 0 Å². The second-order valence-electron chi connectivity index (χ2n) is 10.4. The van der Waals surface area contributed by atoms with E-state index < -0.39 is 22.8 Å². The number of allylic oxidation sites excluding steroid dienone is 2. The summed E-state index contributed by atoms with van der Waals surface area (Å²) in [7, 11) is 0. The molecule has 4 rings (SSSR count). The molecule has 0 bridgehead atoms. The normalized spacial score (nSPS) is 16.9. The number of unbranched alkanes of at least 4 members (excludes halogenated alkanes) is 1. The number of nitro groups is 1. The van der Waals surface area contributed by atoms with Crippen molar-refractivity contribution in [3.8, 4) is 5.75 Å². The van der Waals surface area contributed by atoms with Gasteiger partial charge in [0, 0.05) is 61.8 Å². The summed E-state index contributed by atoms with van der Waals surface area (Å²) in [4.78, 5) is 40.3. The van der Waals surface area contributed by atoms with Gasteiger partial charge in [0.1, 0.15) is 5.75 Å². The Bertz CT molecular complexity index is 1310. The molecule has 0 spiro atoms. The Kier molecular flexibility index (Phi) is 9.74. The number of carbonyl (C=O) groups is 2. The minimum Gasteiger partial charge on any atom is -0.493 e. The number of nitrogens with zero attached hydrogens (tertiary/aromatic N) is 3. The first-order valence-electron chi connectivity index (χ1n) is 13.7. The Morgan fingerprint density at radius 3 is 2.15 bits per heavy atom. The number of aliphatic carboxylic acids is 2. The number of ether oxygens (including phenoxy) is 1. The van der Waals surface area contributed by atoms with Crippen molar-refractivity contribution in [3.05, 3.63) is 92.3 Å². The number of carboxylic acids is 2. The van der Waals surface area contributed by atoms with E-state index >= 15 is 0 Å². The first kappa shape index (κ1) is 29.8. The Hall–Kier alpha value is -4.22. The topological polar surface area (TPSA) is 145 Å². The van der Waals surface area contributed by atoms with Gasteiger partial charge in [-0.3, -0.25) is 15.0 Å². The van der Waals surface area contributed by atoms with Gasteiger partial charge in [0.15, 0.2) is 0 Å². The first-order chi connectivity index (χ1) is 19.7. The van der Waals surface area contributed by atoms with E-state index in [4.69, 9.17) is 4.74 Å². The smallest absolute Gasteiger partial charge is 0.334 e. The summed E-state index contributed by atoms with van der Waals surface area (Å²) < 4.78 is 6.02. The molecule has 0 aliphatic carbocycles. The lowest BCUT2D eigenvalue weighted by atomic mass is 9.80. The standard InChI is InChI=1S/C30H36N4O7/c1-20-26(29(35)36)28(27(30(37)38)21(2)31-20)24-18-23(34(39)40)10-11-25(24)41-17-7-6-12-32-13-15-33(16-14-32)19-22-8-4-3-5-9-22/h3-5,8-11,18,28,31H,6-7,12-17,19H2,1-2H3,(H,35,36)(H,37,38). The molecule has 3 N–H and O–H groups in total. The van der Waals surface area contributed by atoms with E-state index in [1.807, 2.05) is 6.07 Å². The third kappa shape index (κ3) is 7.30. The van der Waals surface area contributed by atoms with Crippen LogP contribution < -0.4 is 10.1 Å². The van der Waals surface area contributed by atoms with Crippen LogP contribution in [0.3, 0.4) is 0 Å². The second-order valence-corrected chi connectivity index (χ2v) is 10.4. The van der Waals surface area contributed by atoms with Gasteiger partial charge in [0.05, 0.1) is 28.6 Å². The fraction of sp³-hybridized carbons (Fsp3) is 0.400. The number of rotatable bonds is 12. The number of nitro benzene ring substituents is 1. The number of hydrogen-bond acceptors (Lipinski definition) is 8. The maximum absolute atomic E-state index is 12.2. The van der Waals surface area contributed by atoms with Crippen LogP contribution in [0.1, 0.15) is 43.7 Å². The molecule has 41 heavy (non-hydrogen) atoms. The molecule has 1 fully saturated rings. The molecular formula is C30H36N4O7. The average Bonchev–Trinajstić information content (AvgIpc) is 2.93. The Labute approximate surface area is 238 Å². The molecular weight excluding hydrogens is 528 g/mol. The van der Waals surface area contributed by atoms with Gasteiger partial charge in [-0.25, -0.2) is 9.59 Å². The minimum absolute atomic E-state index is 0.142. The first-order valence-corrected chi connectivity index (χ1v) is 13.7. The molecule has 11 heteroatoms. The molecule has 218 valence electrons. The number of carboxylic acid groups (broad SMARTS) is 2. The number of piperazine rings is 1. The number of dihydropyridines is 1. The van der Waals surface area contributed by atoms with E-state index in [2.05, 4.69) is 39.4 Å². The van der Waals surface area contributed by atoms with Crippen LogP contribution in [0, 0.1) is 10.1 Å². The van der Waals surface area contributed by atoms with Gasteiger partial charge >= 0.3 is 11.9 Å². The molecule has 2 aromatic carbocycles. The third-order valence-electron chi connectivity index (χ3n) is 7.58. The minimum atomic E-state index is -1.31. The van der Waals surface area contributed by atoms with Crippen molar-refractivity contribution in [2.45, 2.75) is 39.2 Å². The van der Waals surface area contributed by atoms with E-state index in [1.165, 1.54) is 37.6 Å². The molecule has 0 atom stereocenters. The van der Waals surface area contributed by atoms with E-state index in [9.17, 15) is 29.9 Å². The van der Waals surface area contributed by atoms with Crippen LogP contribution in [0.25, 0.3) is 0 Å². The van der Waals surface area contributed by atoms with E-state index in [0.717, 1.165) is 45.7 Å². The molecule has 1 saturated heterocycles. The zero-order chi connectivity index (χ0) is 29.5. The Morgan fingerprint density at radius 2 is 1.56 bits per heavy atom. The second kappa shape index (κ2) is 13.4. The van der Waals surface area contributed by atoms with Crippen LogP contribution >= 0.6 is 0 Å². The highest BCUT2D eigenvalue weighted by Crippen LogP contribution is 2.43. The Morgan fingerprint density at radius 1 is 0.951 bits per heavy atom. The summed E-state index contributed by atoms with van der Waals surface area (Å²) in [6.07, 6.45) is 1.60. The van der Waals surface area contributed by atoms with Crippen LogP contribution in [0.4, 0.5) is 5.69 Å². The van der Waals surface area contributed by atoms with Crippen LogP contribution in [-0.2, 0) is 16.1 Å². The zero-order valence-electron chi connectivity index (χ0n) is 23.3. The fourth-order valence-corrected chi connectivity index (χ4v) is 5.51. The third-order valence-corrected chi connectivity index (χ3v) is 7.58. The van der Waals surface area contributed by atoms with Gasteiger partial charge in [0.2, 0.25) is 0 Å². The highest BCUT2D eigenvalue weighted by atomic mass is 16.6. The quantitative estimate of drug-likeness (QED) is 0.197. The van der Waals surface area contributed by atoms with Crippen molar-refractivity contribution in [3.63, 3.8) is 0 Å². The van der Waals surface area contributed by atoms with E-state index in [-0.39, 0.29) is 39.5 Å². The molecule has 2 aliphatic rings. The fourth-order valence-electron chi connectivity index (χ4n) is 5.51. The highest BCUT2D eigenvalue weighted by molar-refractivity contribution is 5.98. The zero-order valence-corrected chi connectivity index (χ0v) is 23.3. The number of nitrogens with one attached hydrogen (secondary N) is 1. The van der Waals surface area contributed by atoms with Crippen molar-refractivity contribution in [2.24, 2.45) is 0 Å². The van der Waals surface area contributed by atoms with Gasteiger partial charge in [-0.2, -0.15) is 0 Å².